The van der Waals surface area contributed by atoms with Crippen LogP contribution in [0.15, 0.2) is 474 Å². The first-order valence-electron chi connectivity index (χ1n) is 48.8. The van der Waals surface area contributed by atoms with Crippen molar-refractivity contribution < 1.29 is 28.4 Å². The summed E-state index contributed by atoms with van der Waals surface area (Å²) in [5.41, 5.74) is 35.6. The third kappa shape index (κ3) is 16.5. The van der Waals surface area contributed by atoms with E-state index in [1.165, 1.54) is 54.6 Å². The van der Waals surface area contributed by atoms with Crippen molar-refractivity contribution in [2.24, 2.45) is 0 Å². The zero-order chi connectivity index (χ0) is 96.7. The summed E-state index contributed by atoms with van der Waals surface area (Å²) >= 11 is 0. The molecule has 18 aromatic carbocycles. The summed E-state index contributed by atoms with van der Waals surface area (Å²) in [6.07, 6.45) is 7.41. The molecule has 24 aromatic rings. The van der Waals surface area contributed by atoms with Crippen LogP contribution in [-0.4, -0.2) is 46.0 Å². The lowest BCUT2D eigenvalue weighted by atomic mass is 9.91. The smallest absolute Gasteiger partial charge is 0.245 e. The van der Waals surface area contributed by atoms with Gasteiger partial charge in [-0.25, -0.2) is 4.98 Å². The number of rotatable bonds is 12. The van der Waals surface area contributed by atoms with Crippen LogP contribution in [0.1, 0.15) is 41.5 Å². The van der Waals surface area contributed by atoms with Gasteiger partial charge in [-0.1, -0.05) is 261 Å². The summed E-state index contributed by atoms with van der Waals surface area (Å²) in [4.78, 5) is 13.9. The second-order valence-corrected chi connectivity index (χ2v) is 38.3. The quantitative estimate of drug-likeness (QED) is 0.118. The Hall–Kier alpha value is -18.4. The van der Waals surface area contributed by atoms with Gasteiger partial charge in [-0.15, -0.1) is 0 Å². The Morgan fingerprint density at radius 1 is 0.174 bits per heavy atom. The maximum atomic E-state index is 6.65. The predicted octanol–water partition coefficient (Wildman–Crippen LogP) is 34.1. The van der Waals surface area contributed by atoms with Gasteiger partial charge in [0.15, 0.2) is 0 Å². The van der Waals surface area contributed by atoms with Crippen LogP contribution in [-0.2, 0) is 0 Å². The number of nitrogens with zero attached hydrogens (tertiary/aromatic N) is 6. The number of fused-ring (bicyclic) bond motifs is 18. The minimum atomic E-state index is -0.880. The third-order valence-corrected chi connectivity index (χ3v) is 27.4. The maximum Gasteiger partial charge on any atom is 0.245 e. The van der Waals surface area contributed by atoms with Crippen LogP contribution < -0.4 is 28.4 Å². The lowest BCUT2D eigenvalue weighted by Gasteiger charge is -2.26. The van der Waals surface area contributed by atoms with Crippen molar-refractivity contribution in [3.63, 3.8) is 0 Å². The molecule has 0 aliphatic carbocycles. The number of pyridine rings is 3. The second kappa shape index (κ2) is 35.8. The average molecular weight is 1860 g/mol. The molecule has 3 aliphatic rings. The van der Waals surface area contributed by atoms with Crippen molar-refractivity contribution in [1.29, 1.82) is 0 Å². The van der Waals surface area contributed by atoms with Crippen LogP contribution in [0, 0.1) is 0 Å². The first-order valence-corrected chi connectivity index (χ1v) is 48.8. The highest BCUT2D eigenvalue weighted by atomic mass is 16.7. The molecule has 690 valence electrons. The van der Waals surface area contributed by atoms with Gasteiger partial charge in [-0.05, 0) is 237 Å². The normalized spacial score (nSPS) is 13.3. The van der Waals surface area contributed by atoms with E-state index in [9.17, 15) is 0 Å². The van der Waals surface area contributed by atoms with Gasteiger partial charge in [-0.2, -0.15) is 0 Å². The molecule has 0 spiro atoms. The van der Waals surface area contributed by atoms with Gasteiger partial charge in [0.1, 0.15) is 34.5 Å². The van der Waals surface area contributed by atoms with E-state index >= 15 is 0 Å². The lowest BCUT2D eigenvalue weighted by Crippen LogP contribution is -2.34. The molecule has 0 fully saturated rings. The van der Waals surface area contributed by atoms with Crippen LogP contribution in [0.2, 0.25) is 0 Å². The van der Waals surface area contributed by atoms with E-state index < -0.39 is 17.4 Å². The van der Waals surface area contributed by atoms with Crippen molar-refractivity contribution in [1.82, 2.24) is 28.7 Å². The Labute approximate surface area is 834 Å². The molecule has 0 unspecified atom stereocenters. The molecular weight excluding hydrogens is 1770 g/mol. The average Bonchev–Trinajstić information content (AvgIpc) is 1.61. The number of ether oxygens (including phenoxy) is 6. The second-order valence-electron chi connectivity index (χ2n) is 38.3. The van der Waals surface area contributed by atoms with Gasteiger partial charge in [0.05, 0.1) is 44.5 Å². The monoisotopic (exact) mass is 1860 g/mol. The molecule has 27 rings (SSSR count). The van der Waals surface area contributed by atoms with Gasteiger partial charge in [0, 0.05) is 190 Å². The van der Waals surface area contributed by atoms with Crippen molar-refractivity contribution >= 4 is 65.4 Å². The molecule has 3 aliphatic heterocycles. The number of para-hydroxylation sites is 6. The molecule has 0 atom stereocenters. The number of aromatic nitrogens is 6. The molecule has 0 radical (unpaired) electrons. The highest BCUT2D eigenvalue weighted by Crippen LogP contribution is 2.52. The summed E-state index contributed by atoms with van der Waals surface area (Å²) < 4.78 is 46.5. The van der Waals surface area contributed by atoms with Gasteiger partial charge in [0.2, 0.25) is 17.4 Å². The van der Waals surface area contributed by atoms with Crippen LogP contribution in [0.3, 0.4) is 0 Å². The zero-order valence-electron chi connectivity index (χ0n) is 80.2. The Morgan fingerprint density at radius 3 is 0.688 bits per heavy atom. The number of benzene rings is 18. The third-order valence-electron chi connectivity index (χ3n) is 27.4. The van der Waals surface area contributed by atoms with Gasteiger partial charge < -0.3 is 42.1 Å². The van der Waals surface area contributed by atoms with Crippen LogP contribution >= 0.6 is 0 Å². The molecule has 0 saturated heterocycles. The Bertz CT molecular complexity index is 7940. The van der Waals surface area contributed by atoms with Crippen molar-refractivity contribution in [2.45, 2.75) is 58.9 Å². The summed E-state index contributed by atoms with van der Waals surface area (Å²) in [5, 5.41) is 7.36. The fourth-order valence-electron chi connectivity index (χ4n) is 20.9. The van der Waals surface area contributed by atoms with E-state index in [1.54, 1.807) is 12.4 Å². The molecular formula is C132H96N6O6. The first kappa shape index (κ1) is 87.1. The van der Waals surface area contributed by atoms with Crippen LogP contribution in [0.5, 0.6) is 34.5 Å². The highest BCUT2D eigenvalue weighted by molar-refractivity contribution is 6.12. The van der Waals surface area contributed by atoms with Gasteiger partial charge >= 0.3 is 0 Å². The summed E-state index contributed by atoms with van der Waals surface area (Å²) in [6, 6.07) is 158. The van der Waals surface area contributed by atoms with Crippen molar-refractivity contribution in [2.75, 3.05) is 0 Å². The van der Waals surface area contributed by atoms with E-state index in [2.05, 4.69) is 448 Å². The molecule has 0 bridgehead atoms. The largest absolute Gasteiger partial charge is 0.452 e. The van der Waals surface area contributed by atoms with Crippen LogP contribution in [0.4, 0.5) is 0 Å². The fourth-order valence-corrected chi connectivity index (χ4v) is 20.9. The molecule has 12 heteroatoms. The molecule has 0 saturated carbocycles. The van der Waals surface area contributed by atoms with E-state index in [-0.39, 0.29) is 0 Å². The topological polar surface area (TPSA) is 109 Å². The SMILES string of the molecule is CC1(C)Oc2cc(-n3c4ccccc4c4ccccc43)ccc2-c2cc(-c3cc(-c4ccccc4)cc(-c4ccccc4)c3)ccc2O1.CC1(C)Oc2cc(-n3c4ccccc4c4ccccc43)ccc2-c2cc(-c3cc(-c4ccccc4)nc(-c4ccccc4)c3)ccc2O1.CC1(C)Oc2cc(-n3c4ccccc4c4ccccc43)ccc2-c2cc(-c3cc(-c4cccnc4)cc(-c4cccnc4)c3)ccc2O1. The molecule has 0 N–H and O–H groups in total. The summed E-state index contributed by atoms with van der Waals surface area (Å²) in [6.45, 7) is 11.8. The fraction of sp³-hybridized carbons (Fsp3) is 0.0682. The number of hydrogen-bond donors (Lipinski definition) is 0. The van der Waals surface area contributed by atoms with E-state index in [0.717, 1.165) is 196 Å². The summed E-state index contributed by atoms with van der Waals surface area (Å²) in [5.74, 6) is 2.08. The lowest BCUT2D eigenvalue weighted by molar-refractivity contribution is -0.0784. The molecule has 12 nitrogen and oxygen atoms in total. The van der Waals surface area contributed by atoms with E-state index in [4.69, 9.17) is 33.4 Å². The Morgan fingerprint density at radius 2 is 0.410 bits per heavy atom. The first-order chi connectivity index (χ1) is 70.5. The minimum Gasteiger partial charge on any atom is -0.452 e. The minimum absolute atomic E-state index is 0.774. The zero-order valence-corrected chi connectivity index (χ0v) is 80.2. The predicted molar refractivity (Wildman–Crippen MR) is 587 cm³/mol. The molecule has 0 amide bonds. The van der Waals surface area contributed by atoms with E-state index in [0.29, 0.717) is 0 Å². The van der Waals surface area contributed by atoms with Crippen molar-refractivity contribution in [3.8, 4) is 185 Å². The Balaban J connectivity index is 0.000000113. The van der Waals surface area contributed by atoms with Crippen LogP contribution in [0.25, 0.3) is 216 Å². The maximum absolute atomic E-state index is 6.65. The molecule has 9 heterocycles. The molecule has 6 aromatic heterocycles. The highest BCUT2D eigenvalue weighted by Gasteiger charge is 2.35. The standard InChI is InChI=1S/C45H33NO2.C44H32N2O2.C43H31N3O2/c1-45(2)47-43-24-21-32(35-26-33(30-13-5-3-6-14-30)25-34(27-35)31-15-7-4-8-16-31)28-40(43)39-23-22-36(29-44(39)48-45)46-41-19-11-9-17-37(41)38-18-10-12-20-42(38)46;1-44(2)47-42-24-21-31(32-26-38(29-13-5-3-6-14-29)45-39(27-32)30-15-7-4-8-16-30)25-37(42)36-23-22-33(28-43(36)48-44)46-40-19-11-9-17-34(40)35-18-10-12-20-41(35)46;1-43(2)47-41-18-15-28(31-21-32(29-9-7-19-44-26-29)23-33(22-31)30-10-8-20-45-27-30)24-38(41)37-17-16-34(25-42(37)48-43)46-39-13-5-3-11-35(39)36-12-4-6-14-40(36)46/h3-29H,1-2H3;3-28H,1-2H3;3-27H,1-2H3. The van der Waals surface area contributed by atoms with Gasteiger partial charge in [0.25, 0.3) is 0 Å². The number of hydrogen-bond acceptors (Lipinski definition) is 9. The van der Waals surface area contributed by atoms with E-state index in [1.807, 2.05) is 78.2 Å². The van der Waals surface area contributed by atoms with Crippen molar-refractivity contribution in [3.05, 3.63) is 474 Å². The van der Waals surface area contributed by atoms with Gasteiger partial charge in [-0.3, -0.25) is 9.97 Å². The Kier molecular flexibility index (Phi) is 21.7. The summed E-state index contributed by atoms with van der Waals surface area (Å²) in [7, 11) is 0. The molecule has 144 heavy (non-hydrogen) atoms.